The molecule has 1 aromatic carbocycles. The number of rotatable bonds is 7. The van der Waals surface area contributed by atoms with Gasteiger partial charge >= 0.3 is 5.97 Å². The van der Waals surface area contributed by atoms with Crippen molar-refractivity contribution in [3.8, 4) is 5.75 Å². The largest absolute Gasteiger partial charge is 0.497 e. The molecular weight excluding hydrogens is 264 g/mol. The highest BCUT2D eigenvalue weighted by Gasteiger charge is 2.30. The normalized spacial score (nSPS) is 21.9. The van der Waals surface area contributed by atoms with E-state index in [-0.39, 0.29) is 18.0 Å². The molecule has 0 spiro atoms. The number of cyclic esters (lactones) is 1. The minimum atomic E-state index is -0.0877. The van der Waals surface area contributed by atoms with Gasteiger partial charge in [-0.1, -0.05) is 44.7 Å². The minimum absolute atomic E-state index is 0.0152. The number of hydrogen-bond donors (Lipinski definition) is 0. The van der Waals surface area contributed by atoms with Gasteiger partial charge in [-0.05, 0) is 37.0 Å². The van der Waals surface area contributed by atoms with E-state index in [2.05, 4.69) is 6.92 Å². The predicted molar refractivity (Wildman–Crippen MR) is 83.3 cm³/mol. The second kappa shape index (κ2) is 8.06. The van der Waals surface area contributed by atoms with Gasteiger partial charge in [0.1, 0.15) is 11.9 Å². The van der Waals surface area contributed by atoms with Crippen molar-refractivity contribution in [1.82, 2.24) is 0 Å². The molecule has 1 fully saturated rings. The Hall–Kier alpha value is -1.51. The quantitative estimate of drug-likeness (QED) is 0.541. The fourth-order valence-corrected chi connectivity index (χ4v) is 2.90. The molecule has 3 heteroatoms. The van der Waals surface area contributed by atoms with Crippen molar-refractivity contribution in [2.24, 2.45) is 5.92 Å². The van der Waals surface area contributed by atoms with E-state index >= 15 is 0 Å². The van der Waals surface area contributed by atoms with Gasteiger partial charge in [-0.25, -0.2) is 0 Å². The highest BCUT2D eigenvalue weighted by Crippen LogP contribution is 2.34. The van der Waals surface area contributed by atoms with Crippen LogP contribution in [0.4, 0.5) is 0 Å². The van der Waals surface area contributed by atoms with Crippen LogP contribution in [0.25, 0.3) is 0 Å². The van der Waals surface area contributed by atoms with Gasteiger partial charge in [0.2, 0.25) is 0 Å². The number of carbonyl (C=O) groups is 1. The Labute approximate surface area is 127 Å². The van der Waals surface area contributed by atoms with Gasteiger partial charge in [0.05, 0.1) is 13.0 Å². The summed E-state index contributed by atoms with van der Waals surface area (Å²) in [7, 11) is 1.65. The Morgan fingerprint density at radius 3 is 2.52 bits per heavy atom. The van der Waals surface area contributed by atoms with E-state index in [1.807, 2.05) is 24.3 Å². The zero-order chi connectivity index (χ0) is 15.1. The molecule has 1 aliphatic heterocycles. The second-order valence-electron chi connectivity index (χ2n) is 5.82. The lowest BCUT2D eigenvalue weighted by Crippen LogP contribution is -2.26. The molecule has 21 heavy (non-hydrogen) atoms. The van der Waals surface area contributed by atoms with Gasteiger partial charge < -0.3 is 9.47 Å². The lowest BCUT2D eigenvalue weighted by atomic mass is 9.90. The summed E-state index contributed by atoms with van der Waals surface area (Å²) in [6.07, 6.45) is 7.62. The Morgan fingerprint density at radius 2 is 1.90 bits per heavy atom. The zero-order valence-electron chi connectivity index (χ0n) is 13.1. The third-order valence-electron chi connectivity index (χ3n) is 4.26. The number of benzene rings is 1. The van der Waals surface area contributed by atoms with Crippen molar-refractivity contribution >= 4 is 5.97 Å². The lowest BCUT2D eigenvalue weighted by molar-refractivity contribution is -0.161. The van der Waals surface area contributed by atoms with Crippen LogP contribution in [-0.4, -0.2) is 13.1 Å². The second-order valence-corrected chi connectivity index (χ2v) is 5.82. The smallest absolute Gasteiger partial charge is 0.309 e. The predicted octanol–water partition coefficient (Wildman–Crippen LogP) is 4.66. The maximum atomic E-state index is 12.1. The van der Waals surface area contributed by atoms with Gasteiger partial charge in [0.15, 0.2) is 0 Å². The molecule has 1 aliphatic rings. The number of ether oxygens (including phenoxy) is 2. The Bertz CT molecular complexity index is 438. The van der Waals surface area contributed by atoms with E-state index in [1.165, 1.54) is 19.3 Å². The molecule has 1 aromatic rings. The first kappa shape index (κ1) is 15.9. The number of methoxy groups -OCH3 is 1. The summed E-state index contributed by atoms with van der Waals surface area (Å²) >= 11 is 0. The van der Waals surface area contributed by atoms with Gasteiger partial charge in [-0.15, -0.1) is 0 Å². The first-order valence-electron chi connectivity index (χ1n) is 8.09. The van der Waals surface area contributed by atoms with E-state index in [0.29, 0.717) is 0 Å². The molecular formula is C18H26O3. The minimum Gasteiger partial charge on any atom is -0.497 e. The lowest BCUT2D eigenvalue weighted by Gasteiger charge is -2.28. The van der Waals surface area contributed by atoms with Crippen LogP contribution in [0.5, 0.6) is 5.75 Å². The van der Waals surface area contributed by atoms with Gasteiger partial charge in [0.25, 0.3) is 0 Å². The maximum absolute atomic E-state index is 12.1. The average molecular weight is 290 g/mol. The highest BCUT2D eigenvalue weighted by molar-refractivity contribution is 5.73. The van der Waals surface area contributed by atoms with Crippen molar-refractivity contribution in [3.63, 3.8) is 0 Å². The molecule has 2 atom stereocenters. The highest BCUT2D eigenvalue weighted by atomic mass is 16.5. The summed E-state index contributed by atoms with van der Waals surface area (Å²) in [5.41, 5.74) is 1.06. The third-order valence-corrected chi connectivity index (χ3v) is 4.26. The summed E-state index contributed by atoms with van der Waals surface area (Å²) in [6.45, 7) is 2.20. The molecule has 1 saturated heterocycles. The van der Waals surface area contributed by atoms with Crippen molar-refractivity contribution < 1.29 is 14.3 Å². The van der Waals surface area contributed by atoms with Crippen LogP contribution in [0.1, 0.15) is 63.5 Å². The van der Waals surface area contributed by atoms with E-state index in [9.17, 15) is 4.79 Å². The molecule has 0 saturated carbocycles. The molecule has 2 rings (SSSR count). The Kier molecular flexibility index (Phi) is 6.09. The number of unbranched alkanes of at least 4 members (excludes halogenated alkanes) is 3. The number of esters is 1. The first-order chi connectivity index (χ1) is 10.2. The molecule has 0 N–H and O–H groups in total. The fourth-order valence-electron chi connectivity index (χ4n) is 2.90. The summed E-state index contributed by atoms with van der Waals surface area (Å²) < 4.78 is 10.8. The van der Waals surface area contributed by atoms with Crippen LogP contribution < -0.4 is 4.74 Å². The van der Waals surface area contributed by atoms with Crippen LogP contribution >= 0.6 is 0 Å². The Morgan fingerprint density at radius 1 is 1.14 bits per heavy atom. The van der Waals surface area contributed by atoms with Crippen molar-refractivity contribution in [3.05, 3.63) is 29.8 Å². The van der Waals surface area contributed by atoms with Crippen molar-refractivity contribution in [1.29, 1.82) is 0 Å². The number of carbonyl (C=O) groups excluding carboxylic acids is 1. The Balaban J connectivity index is 1.83. The van der Waals surface area contributed by atoms with E-state index in [1.54, 1.807) is 7.11 Å². The van der Waals surface area contributed by atoms with Crippen LogP contribution in [0.15, 0.2) is 24.3 Å². The summed E-state index contributed by atoms with van der Waals surface area (Å²) in [5.74, 6) is 0.921. The van der Waals surface area contributed by atoms with Crippen molar-refractivity contribution in [2.45, 2.75) is 58.0 Å². The molecule has 0 aromatic heterocycles. The molecule has 0 amide bonds. The average Bonchev–Trinajstić information content (AvgIpc) is 2.53. The topological polar surface area (TPSA) is 35.5 Å². The van der Waals surface area contributed by atoms with Gasteiger partial charge in [0, 0.05) is 0 Å². The van der Waals surface area contributed by atoms with Crippen LogP contribution in [-0.2, 0) is 9.53 Å². The van der Waals surface area contributed by atoms with Gasteiger partial charge in [-0.3, -0.25) is 4.79 Å². The van der Waals surface area contributed by atoms with Crippen LogP contribution in [0.3, 0.4) is 0 Å². The zero-order valence-corrected chi connectivity index (χ0v) is 13.1. The monoisotopic (exact) mass is 290 g/mol. The van der Waals surface area contributed by atoms with Gasteiger partial charge in [-0.2, -0.15) is 0 Å². The number of hydrogen-bond acceptors (Lipinski definition) is 3. The standard InChI is InChI=1S/C18H26O3/c1-3-4-5-6-7-15-10-13-17(21-18(15)19)14-8-11-16(20-2)12-9-14/h8-9,11-12,15,17H,3-7,10,13H2,1-2H3. The molecule has 2 unspecified atom stereocenters. The molecule has 0 aliphatic carbocycles. The van der Waals surface area contributed by atoms with Crippen LogP contribution in [0.2, 0.25) is 0 Å². The summed E-state index contributed by atoms with van der Waals surface area (Å²) in [4.78, 5) is 12.1. The molecule has 3 nitrogen and oxygen atoms in total. The van der Waals surface area contributed by atoms with Crippen LogP contribution in [0, 0.1) is 5.92 Å². The summed E-state index contributed by atoms with van der Waals surface area (Å²) in [5, 5.41) is 0. The molecule has 0 bridgehead atoms. The van der Waals surface area contributed by atoms with E-state index in [0.717, 1.165) is 37.0 Å². The van der Waals surface area contributed by atoms with Crippen molar-refractivity contribution in [2.75, 3.05) is 7.11 Å². The molecule has 116 valence electrons. The summed E-state index contributed by atoms with van der Waals surface area (Å²) in [6, 6.07) is 7.80. The van der Waals surface area contributed by atoms with E-state index < -0.39 is 0 Å². The maximum Gasteiger partial charge on any atom is 0.309 e. The first-order valence-corrected chi connectivity index (χ1v) is 8.09. The third kappa shape index (κ3) is 4.48. The molecule has 1 heterocycles. The molecule has 0 radical (unpaired) electrons. The SMILES string of the molecule is CCCCCCC1CCC(c2ccc(OC)cc2)OC1=O. The fraction of sp³-hybridized carbons (Fsp3) is 0.611. The van der Waals surface area contributed by atoms with E-state index in [4.69, 9.17) is 9.47 Å².